The Bertz CT molecular complexity index is 503. The average Bonchev–Trinajstić information content (AvgIpc) is 2.73. The molecule has 1 aliphatic rings. The Labute approximate surface area is 92.7 Å². The van der Waals surface area contributed by atoms with E-state index in [1.807, 2.05) is 10.6 Å². The zero-order valence-electron chi connectivity index (χ0n) is 8.76. The molecule has 0 bridgehead atoms. The second-order valence-electron chi connectivity index (χ2n) is 3.90. The number of ether oxygens (including phenoxy) is 1. The predicted octanol–water partition coefficient (Wildman–Crippen LogP) is 0.701. The predicted molar refractivity (Wildman–Crippen MR) is 58.4 cm³/mol. The summed E-state index contributed by atoms with van der Waals surface area (Å²) in [5.74, 6) is 0.240. The van der Waals surface area contributed by atoms with Crippen LogP contribution < -0.4 is 5.32 Å². The van der Waals surface area contributed by atoms with Crippen LogP contribution in [-0.2, 0) is 4.74 Å². The Balaban J connectivity index is 1.97. The molecule has 84 valence electrons. The summed E-state index contributed by atoms with van der Waals surface area (Å²) in [4.78, 5) is 4.49. The molecule has 0 aromatic carbocycles. The van der Waals surface area contributed by atoms with Crippen molar-refractivity contribution < 1.29 is 9.84 Å². The van der Waals surface area contributed by atoms with Gasteiger partial charge in [0.1, 0.15) is 11.4 Å². The number of fused-ring (bicyclic) bond motifs is 1. The van der Waals surface area contributed by atoms with Crippen molar-refractivity contribution in [2.45, 2.75) is 6.04 Å². The summed E-state index contributed by atoms with van der Waals surface area (Å²) in [7, 11) is 0. The van der Waals surface area contributed by atoms with Crippen LogP contribution in [0.5, 0.6) is 5.75 Å². The Hall–Kier alpha value is -1.59. The fourth-order valence-corrected chi connectivity index (χ4v) is 1.92. The first-order chi connectivity index (χ1) is 7.83. The van der Waals surface area contributed by atoms with Gasteiger partial charge in [-0.25, -0.2) is 4.98 Å². The molecule has 5 nitrogen and oxygen atoms in total. The third-order valence-electron chi connectivity index (χ3n) is 2.73. The summed E-state index contributed by atoms with van der Waals surface area (Å²) in [6, 6.07) is 3.58. The number of imidazole rings is 1. The standard InChI is InChI=1S/C11H13N3O2/c15-8-1-2-11-13-9(6-14(11)5-8)10-7-16-4-3-12-10/h1-2,5-6,10,12,15H,3-4,7H2. The van der Waals surface area contributed by atoms with Gasteiger partial charge in [0.15, 0.2) is 0 Å². The molecule has 0 saturated carbocycles. The minimum atomic E-state index is 0.149. The van der Waals surface area contributed by atoms with Crippen LogP contribution in [0.2, 0.25) is 0 Å². The summed E-state index contributed by atoms with van der Waals surface area (Å²) in [5, 5.41) is 12.7. The van der Waals surface area contributed by atoms with E-state index >= 15 is 0 Å². The fraction of sp³-hybridized carbons (Fsp3) is 0.364. The highest BCUT2D eigenvalue weighted by Gasteiger charge is 2.18. The Kier molecular flexibility index (Phi) is 2.27. The number of pyridine rings is 1. The molecule has 1 fully saturated rings. The van der Waals surface area contributed by atoms with Crippen molar-refractivity contribution >= 4 is 5.65 Å². The van der Waals surface area contributed by atoms with E-state index in [2.05, 4.69) is 10.3 Å². The first-order valence-electron chi connectivity index (χ1n) is 5.32. The van der Waals surface area contributed by atoms with Crippen LogP contribution in [0.3, 0.4) is 0 Å². The van der Waals surface area contributed by atoms with Gasteiger partial charge in [-0.05, 0) is 12.1 Å². The largest absolute Gasteiger partial charge is 0.506 e. The Morgan fingerprint density at radius 1 is 1.44 bits per heavy atom. The third-order valence-corrected chi connectivity index (χ3v) is 2.73. The zero-order valence-corrected chi connectivity index (χ0v) is 8.76. The van der Waals surface area contributed by atoms with Gasteiger partial charge < -0.3 is 19.6 Å². The molecule has 16 heavy (non-hydrogen) atoms. The number of aromatic hydroxyl groups is 1. The van der Waals surface area contributed by atoms with Gasteiger partial charge >= 0.3 is 0 Å². The van der Waals surface area contributed by atoms with Crippen molar-refractivity contribution in [2.24, 2.45) is 0 Å². The van der Waals surface area contributed by atoms with Crippen molar-refractivity contribution in [1.29, 1.82) is 0 Å². The molecule has 0 aliphatic carbocycles. The molecule has 1 aliphatic heterocycles. The Morgan fingerprint density at radius 3 is 3.19 bits per heavy atom. The number of hydrogen-bond acceptors (Lipinski definition) is 4. The summed E-state index contributed by atoms with van der Waals surface area (Å²) >= 11 is 0. The van der Waals surface area contributed by atoms with E-state index in [1.54, 1.807) is 18.3 Å². The quantitative estimate of drug-likeness (QED) is 0.741. The van der Waals surface area contributed by atoms with Crippen LogP contribution in [0.15, 0.2) is 24.5 Å². The lowest BCUT2D eigenvalue weighted by atomic mass is 10.2. The molecule has 1 atom stereocenters. The molecular weight excluding hydrogens is 206 g/mol. The van der Waals surface area contributed by atoms with Gasteiger partial charge in [0, 0.05) is 12.7 Å². The smallest absolute Gasteiger partial charge is 0.137 e. The van der Waals surface area contributed by atoms with Gasteiger partial charge in [-0.1, -0.05) is 0 Å². The van der Waals surface area contributed by atoms with Crippen LogP contribution in [0.4, 0.5) is 0 Å². The molecule has 1 unspecified atom stereocenters. The topological polar surface area (TPSA) is 58.8 Å². The molecule has 0 spiro atoms. The van der Waals surface area contributed by atoms with Crippen LogP contribution >= 0.6 is 0 Å². The van der Waals surface area contributed by atoms with Gasteiger partial charge in [-0.2, -0.15) is 0 Å². The van der Waals surface area contributed by atoms with Crippen molar-refractivity contribution in [3.63, 3.8) is 0 Å². The molecule has 3 heterocycles. The molecule has 3 rings (SSSR count). The lowest BCUT2D eigenvalue weighted by Gasteiger charge is -2.21. The van der Waals surface area contributed by atoms with E-state index in [9.17, 15) is 5.11 Å². The van der Waals surface area contributed by atoms with Gasteiger partial charge in [0.05, 0.1) is 31.1 Å². The van der Waals surface area contributed by atoms with Gasteiger partial charge in [0.25, 0.3) is 0 Å². The highest BCUT2D eigenvalue weighted by atomic mass is 16.5. The molecule has 5 heteroatoms. The molecule has 0 radical (unpaired) electrons. The zero-order chi connectivity index (χ0) is 11.0. The second-order valence-corrected chi connectivity index (χ2v) is 3.90. The average molecular weight is 219 g/mol. The molecule has 1 saturated heterocycles. The molecule has 0 amide bonds. The first kappa shape index (κ1) is 9.62. The van der Waals surface area contributed by atoms with E-state index in [0.29, 0.717) is 6.61 Å². The van der Waals surface area contributed by atoms with Crippen LogP contribution in [0.1, 0.15) is 11.7 Å². The molecular formula is C11H13N3O2. The maximum absolute atomic E-state index is 9.36. The normalized spacial score (nSPS) is 21.4. The third kappa shape index (κ3) is 1.64. The van der Waals surface area contributed by atoms with Crippen molar-refractivity contribution in [3.05, 3.63) is 30.2 Å². The fourth-order valence-electron chi connectivity index (χ4n) is 1.92. The Morgan fingerprint density at radius 2 is 2.38 bits per heavy atom. The van der Waals surface area contributed by atoms with Crippen molar-refractivity contribution in [3.8, 4) is 5.75 Å². The molecule has 2 aromatic heterocycles. The van der Waals surface area contributed by atoms with E-state index in [1.165, 1.54) is 0 Å². The van der Waals surface area contributed by atoms with Crippen molar-refractivity contribution in [2.75, 3.05) is 19.8 Å². The summed E-state index contributed by atoms with van der Waals surface area (Å²) in [5.41, 5.74) is 1.78. The first-order valence-corrected chi connectivity index (χ1v) is 5.32. The monoisotopic (exact) mass is 219 g/mol. The summed E-state index contributed by atoms with van der Waals surface area (Å²) in [6.45, 7) is 2.25. The lowest BCUT2D eigenvalue weighted by molar-refractivity contribution is 0.0758. The van der Waals surface area contributed by atoms with E-state index in [-0.39, 0.29) is 11.8 Å². The van der Waals surface area contributed by atoms with E-state index in [0.717, 1.165) is 24.5 Å². The van der Waals surface area contributed by atoms with E-state index < -0.39 is 0 Å². The molecule has 2 aromatic rings. The minimum Gasteiger partial charge on any atom is -0.506 e. The number of morpholine rings is 1. The lowest BCUT2D eigenvalue weighted by Crippen LogP contribution is -2.34. The molecule has 2 N–H and O–H groups in total. The number of aromatic nitrogens is 2. The van der Waals surface area contributed by atoms with Crippen molar-refractivity contribution in [1.82, 2.24) is 14.7 Å². The van der Waals surface area contributed by atoms with Crippen LogP contribution in [0, 0.1) is 0 Å². The summed E-state index contributed by atoms with van der Waals surface area (Å²) < 4.78 is 7.22. The van der Waals surface area contributed by atoms with E-state index in [4.69, 9.17) is 4.74 Å². The van der Waals surface area contributed by atoms with Gasteiger partial charge in [-0.3, -0.25) is 0 Å². The van der Waals surface area contributed by atoms with Gasteiger partial charge in [0.2, 0.25) is 0 Å². The van der Waals surface area contributed by atoms with Crippen LogP contribution in [-0.4, -0.2) is 34.2 Å². The summed E-state index contributed by atoms with van der Waals surface area (Å²) in [6.07, 6.45) is 3.57. The number of nitrogens with zero attached hydrogens (tertiary/aromatic N) is 2. The van der Waals surface area contributed by atoms with Gasteiger partial charge in [-0.15, -0.1) is 0 Å². The highest BCUT2D eigenvalue weighted by Crippen LogP contribution is 2.18. The number of hydrogen-bond donors (Lipinski definition) is 2. The van der Waals surface area contributed by atoms with Crippen LogP contribution in [0.25, 0.3) is 5.65 Å². The number of nitrogens with one attached hydrogen (secondary N) is 1. The minimum absolute atomic E-state index is 0.149. The maximum atomic E-state index is 9.36. The number of rotatable bonds is 1. The second kappa shape index (κ2) is 3.77. The highest BCUT2D eigenvalue weighted by molar-refractivity contribution is 5.43. The maximum Gasteiger partial charge on any atom is 0.137 e. The SMILES string of the molecule is Oc1ccc2nc(C3COCCN3)cn2c1.